The zero-order valence-electron chi connectivity index (χ0n) is 13.8. The van der Waals surface area contributed by atoms with E-state index in [1.54, 1.807) is 42.5 Å². The van der Waals surface area contributed by atoms with Gasteiger partial charge in [0.2, 0.25) is 0 Å². The zero-order chi connectivity index (χ0) is 19.0. The van der Waals surface area contributed by atoms with Gasteiger partial charge in [0, 0.05) is 5.56 Å². The van der Waals surface area contributed by atoms with E-state index in [2.05, 4.69) is 20.5 Å². The van der Waals surface area contributed by atoms with Crippen molar-refractivity contribution in [2.24, 2.45) is 0 Å². The van der Waals surface area contributed by atoms with E-state index >= 15 is 0 Å². The quantitative estimate of drug-likeness (QED) is 0.366. The first-order valence-electron chi connectivity index (χ1n) is 8.01. The van der Waals surface area contributed by atoms with Crippen LogP contribution in [0.5, 0.6) is 0 Å². The molecule has 4 aromatic rings. The fourth-order valence-electron chi connectivity index (χ4n) is 2.84. The third-order valence-corrected chi connectivity index (χ3v) is 4.11. The van der Waals surface area contributed by atoms with E-state index in [0.29, 0.717) is 22.2 Å². The Balaban J connectivity index is 1.70. The molecule has 138 valence electrons. The van der Waals surface area contributed by atoms with Crippen LogP contribution in [0.25, 0.3) is 22.5 Å². The van der Waals surface area contributed by atoms with E-state index in [1.165, 1.54) is 0 Å². The molecule has 4 rings (SSSR count). The van der Waals surface area contributed by atoms with Crippen molar-refractivity contribution in [3.8, 4) is 11.5 Å². The number of hydrogen-bond acceptors (Lipinski definition) is 9. The molecule has 2 aromatic carbocycles. The molecule has 1 atom stereocenters. The Morgan fingerprint density at radius 3 is 2.44 bits per heavy atom. The van der Waals surface area contributed by atoms with Gasteiger partial charge in [-0.25, -0.2) is 0 Å². The van der Waals surface area contributed by atoms with Crippen molar-refractivity contribution in [1.82, 2.24) is 25.1 Å². The minimum atomic E-state index is -1.80. The molecule has 0 saturated heterocycles. The van der Waals surface area contributed by atoms with Gasteiger partial charge in [0.15, 0.2) is 12.1 Å². The molecular weight excluding hydrogens is 354 g/mol. The highest BCUT2D eigenvalue weighted by Crippen LogP contribution is 2.28. The summed E-state index contributed by atoms with van der Waals surface area (Å²) in [5.41, 5.74) is 1.98. The smallest absolute Gasteiger partial charge is 0.258 e. The van der Waals surface area contributed by atoms with Gasteiger partial charge in [-0.15, -0.1) is 5.10 Å². The van der Waals surface area contributed by atoms with Gasteiger partial charge < -0.3 is 24.9 Å². The van der Waals surface area contributed by atoms with Crippen LogP contribution in [0.15, 0.2) is 53.1 Å². The maximum Gasteiger partial charge on any atom is 0.258 e. The Bertz CT molecular complexity index is 1060. The van der Waals surface area contributed by atoms with Crippen molar-refractivity contribution in [3.63, 3.8) is 0 Å². The number of aliphatic hydroxyl groups is 4. The standard InChI is InChI=1S/C17H15N5O5/c23-16(24)13(9-4-2-1-3-5-9)14-18-15(27-20-14)10-6-7-12-11(8-10)19-21-22(12)17(25)26/h1-8,13,16-17,23-26H. The number of rotatable bonds is 5. The zero-order valence-corrected chi connectivity index (χ0v) is 13.8. The van der Waals surface area contributed by atoms with Gasteiger partial charge >= 0.3 is 0 Å². The lowest BCUT2D eigenvalue weighted by atomic mass is 9.98. The number of fused-ring (bicyclic) bond motifs is 1. The van der Waals surface area contributed by atoms with Gasteiger partial charge in [-0.2, -0.15) is 9.67 Å². The number of aromatic nitrogens is 5. The van der Waals surface area contributed by atoms with E-state index in [0.717, 1.165) is 4.68 Å². The Morgan fingerprint density at radius 1 is 0.963 bits per heavy atom. The number of hydrogen-bond donors (Lipinski definition) is 4. The van der Waals surface area contributed by atoms with Crippen molar-refractivity contribution >= 4 is 11.0 Å². The summed E-state index contributed by atoms with van der Waals surface area (Å²) in [7, 11) is 0. The number of benzene rings is 2. The Labute approximate surface area is 151 Å². The molecule has 27 heavy (non-hydrogen) atoms. The molecule has 0 aliphatic heterocycles. The van der Waals surface area contributed by atoms with Crippen molar-refractivity contribution in [3.05, 3.63) is 59.9 Å². The molecular formula is C17H15N5O5. The highest BCUT2D eigenvalue weighted by molar-refractivity contribution is 5.79. The van der Waals surface area contributed by atoms with Gasteiger partial charge in [0.25, 0.3) is 12.3 Å². The third-order valence-electron chi connectivity index (χ3n) is 4.11. The van der Waals surface area contributed by atoms with Crippen LogP contribution in [-0.4, -0.2) is 51.9 Å². The monoisotopic (exact) mass is 369 g/mol. The topological polar surface area (TPSA) is 151 Å². The summed E-state index contributed by atoms with van der Waals surface area (Å²) in [6.45, 7) is 0. The van der Waals surface area contributed by atoms with Gasteiger partial charge in [-0.3, -0.25) is 0 Å². The van der Waals surface area contributed by atoms with Crippen LogP contribution in [0, 0.1) is 0 Å². The van der Waals surface area contributed by atoms with Crippen LogP contribution in [0.3, 0.4) is 0 Å². The van der Waals surface area contributed by atoms with E-state index in [-0.39, 0.29) is 11.7 Å². The molecule has 0 fully saturated rings. The average molecular weight is 369 g/mol. The van der Waals surface area contributed by atoms with E-state index < -0.39 is 18.6 Å². The molecule has 0 aliphatic carbocycles. The predicted octanol–water partition coefficient (Wildman–Crippen LogP) is 0.365. The third kappa shape index (κ3) is 3.17. The minimum Gasteiger partial charge on any atom is -0.367 e. The Hall–Kier alpha value is -3.18. The molecule has 0 amide bonds. The molecule has 2 aromatic heterocycles. The van der Waals surface area contributed by atoms with Crippen LogP contribution in [0.4, 0.5) is 0 Å². The summed E-state index contributed by atoms with van der Waals surface area (Å²) in [5.74, 6) is -0.578. The summed E-state index contributed by atoms with van der Waals surface area (Å²) >= 11 is 0. The highest BCUT2D eigenvalue weighted by atomic mass is 16.5. The molecule has 0 bridgehead atoms. The van der Waals surface area contributed by atoms with Gasteiger partial charge in [-0.05, 0) is 23.8 Å². The fraction of sp³-hybridized carbons (Fsp3) is 0.176. The highest BCUT2D eigenvalue weighted by Gasteiger charge is 2.27. The summed E-state index contributed by atoms with van der Waals surface area (Å²) in [6, 6.07) is 13.7. The van der Waals surface area contributed by atoms with Crippen molar-refractivity contribution in [1.29, 1.82) is 0 Å². The lowest BCUT2D eigenvalue weighted by molar-refractivity contribution is -0.108. The molecule has 0 saturated carbocycles. The first-order chi connectivity index (χ1) is 13.0. The van der Waals surface area contributed by atoms with Crippen molar-refractivity contribution < 1.29 is 24.9 Å². The second kappa shape index (κ2) is 6.85. The molecule has 0 spiro atoms. The Morgan fingerprint density at radius 2 is 1.74 bits per heavy atom. The summed E-state index contributed by atoms with van der Waals surface area (Å²) in [5, 5.41) is 49.4. The van der Waals surface area contributed by atoms with E-state index in [1.807, 2.05) is 6.07 Å². The van der Waals surface area contributed by atoms with Crippen LogP contribution in [-0.2, 0) is 0 Å². The maximum atomic E-state index is 9.76. The van der Waals surface area contributed by atoms with E-state index in [4.69, 9.17) is 4.52 Å². The Kier molecular flexibility index (Phi) is 4.38. The lowest BCUT2D eigenvalue weighted by Gasteiger charge is -2.15. The summed E-state index contributed by atoms with van der Waals surface area (Å²) < 4.78 is 6.22. The lowest BCUT2D eigenvalue weighted by Crippen LogP contribution is -2.20. The van der Waals surface area contributed by atoms with Gasteiger partial charge in [-0.1, -0.05) is 40.7 Å². The molecule has 1 unspecified atom stereocenters. The predicted molar refractivity (Wildman–Crippen MR) is 90.8 cm³/mol. The maximum absolute atomic E-state index is 9.76. The van der Waals surface area contributed by atoms with Crippen molar-refractivity contribution in [2.75, 3.05) is 0 Å². The number of nitrogens with zero attached hydrogens (tertiary/aromatic N) is 5. The molecule has 0 aliphatic rings. The summed E-state index contributed by atoms with van der Waals surface area (Å²) in [6.07, 6.45) is -3.50. The summed E-state index contributed by atoms with van der Waals surface area (Å²) in [4.78, 5) is 4.28. The van der Waals surface area contributed by atoms with Crippen molar-refractivity contribution in [2.45, 2.75) is 18.6 Å². The normalized spacial score (nSPS) is 13.0. The average Bonchev–Trinajstić information content (AvgIpc) is 3.29. The molecule has 10 heteroatoms. The number of aliphatic hydroxyl groups excluding tert-OH is 2. The van der Waals surface area contributed by atoms with Crippen LogP contribution in [0.2, 0.25) is 0 Å². The van der Waals surface area contributed by atoms with Crippen LogP contribution in [0.1, 0.15) is 23.7 Å². The van der Waals surface area contributed by atoms with Gasteiger partial charge in [0.05, 0.1) is 11.4 Å². The molecule has 4 N–H and O–H groups in total. The molecule has 10 nitrogen and oxygen atoms in total. The first kappa shape index (κ1) is 17.2. The van der Waals surface area contributed by atoms with E-state index in [9.17, 15) is 20.4 Å². The fourth-order valence-corrected chi connectivity index (χ4v) is 2.84. The molecule has 2 heterocycles. The van der Waals surface area contributed by atoms with Crippen LogP contribution >= 0.6 is 0 Å². The second-order valence-electron chi connectivity index (χ2n) is 5.84. The SMILES string of the molecule is OC(O)C(c1ccccc1)c1noc(-c2ccc3c(c2)nnn3C(O)O)n1. The molecule has 0 radical (unpaired) electrons. The minimum absolute atomic E-state index is 0.126. The largest absolute Gasteiger partial charge is 0.367 e. The van der Waals surface area contributed by atoms with Gasteiger partial charge in [0.1, 0.15) is 5.52 Å². The van der Waals surface area contributed by atoms with Crippen LogP contribution < -0.4 is 0 Å². The first-order valence-corrected chi connectivity index (χ1v) is 8.01. The second-order valence-corrected chi connectivity index (χ2v) is 5.84.